The van der Waals surface area contributed by atoms with E-state index in [-0.39, 0.29) is 24.7 Å². The molecule has 2 aromatic rings. The third-order valence-corrected chi connectivity index (χ3v) is 6.79. The number of rotatable bonds is 6. The molecule has 2 aliphatic rings. The number of benzene rings is 2. The van der Waals surface area contributed by atoms with Gasteiger partial charge in [0.05, 0.1) is 6.42 Å². The quantitative estimate of drug-likeness (QED) is 0.685. The Hall–Kier alpha value is -2.89. The van der Waals surface area contributed by atoms with Gasteiger partial charge in [0.15, 0.2) is 0 Å². The Morgan fingerprint density at radius 1 is 0.938 bits per heavy atom. The minimum absolute atomic E-state index is 0.115. The smallest absolute Gasteiger partial charge is 0.332 e. The second-order valence-electron chi connectivity index (χ2n) is 9.05. The van der Waals surface area contributed by atoms with Crippen LogP contribution >= 0.6 is 0 Å². The SMILES string of the molecule is O=C(Cc1ccc2ccccc2c1)NOC(=O)CCCC(=O)N1CCCC2CCCCC21. The van der Waals surface area contributed by atoms with Gasteiger partial charge in [0.1, 0.15) is 0 Å². The molecule has 4 rings (SSSR count). The first kappa shape index (κ1) is 22.3. The molecule has 0 aromatic heterocycles. The number of carbonyl (C=O) groups excluding carboxylic acids is 3. The molecule has 2 unspecified atom stereocenters. The Balaban J connectivity index is 1.16. The minimum Gasteiger partial charge on any atom is -0.341 e. The normalized spacial score (nSPS) is 20.4. The van der Waals surface area contributed by atoms with Gasteiger partial charge in [-0.25, -0.2) is 4.79 Å². The Bertz CT molecular complexity index is 971. The predicted molar refractivity (Wildman–Crippen MR) is 122 cm³/mol. The lowest BCUT2D eigenvalue weighted by Crippen LogP contribution is -2.49. The van der Waals surface area contributed by atoms with E-state index >= 15 is 0 Å². The number of nitrogens with zero attached hydrogens (tertiary/aromatic N) is 1. The second-order valence-corrected chi connectivity index (χ2v) is 9.05. The first-order chi connectivity index (χ1) is 15.6. The molecule has 0 spiro atoms. The lowest BCUT2D eigenvalue weighted by Gasteiger charge is -2.44. The van der Waals surface area contributed by atoms with Crippen LogP contribution in [-0.4, -0.2) is 35.3 Å². The summed E-state index contributed by atoms with van der Waals surface area (Å²) in [5.41, 5.74) is 3.09. The fraction of sp³-hybridized carbons (Fsp3) is 0.500. The molecule has 1 aliphatic carbocycles. The van der Waals surface area contributed by atoms with Gasteiger partial charge in [-0.05, 0) is 54.4 Å². The molecule has 0 radical (unpaired) electrons. The molecule has 1 heterocycles. The molecule has 6 nitrogen and oxygen atoms in total. The summed E-state index contributed by atoms with van der Waals surface area (Å²) >= 11 is 0. The van der Waals surface area contributed by atoms with Crippen LogP contribution in [0.25, 0.3) is 10.8 Å². The highest BCUT2D eigenvalue weighted by Gasteiger charge is 2.35. The van der Waals surface area contributed by atoms with E-state index in [1.807, 2.05) is 42.5 Å². The summed E-state index contributed by atoms with van der Waals surface area (Å²) in [6.07, 6.45) is 8.19. The molecule has 1 saturated heterocycles. The lowest BCUT2D eigenvalue weighted by molar-refractivity contribution is -0.158. The van der Waals surface area contributed by atoms with Crippen molar-refractivity contribution in [1.29, 1.82) is 0 Å². The number of hydrogen-bond donors (Lipinski definition) is 1. The molecule has 1 saturated carbocycles. The highest BCUT2D eigenvalue weighted by Crippen LogP contribution is 2.35. The van der Waals surface area contributed by atoms with E-state index in [2.05, 4.69) is 10.4 Å². The predicted octanol–water partition coefficient (Wildman–Crippen LogP) is 4.31. The highest BCUT2D eigenvalue weighted by atomic mass is 16.7. The number of hydroxylamine groups is 1. The lowest BCUT2D eigenvalue weighted by atomic mass is 9.78. The molecule has 170 valence electrons. The summed E-state index contributed by atoms with van der Waals surface area (Å²) in [5.74, 6) is -0.0841. The minimum atomic E-state index is -0.515. The Labute approximate surface area is 189 Å². The molecular weight excluding hydrogens is 404 g/mol. The van der Waals surface area contributed by atoms with Crippen molar-refractivity contribution < 1.29 is 19.2 Å². The molecule has 32 heavy (non-hydrogen) atoms. The third-order valence-electron chi connectivity index (χ3n) is 6.79. The van der Waals surface area contributed by atoms with Crippen molar-refractivity contribution in [3.63, 3.8) is 0 Å². The summed E-state index contributed by atoms with van der Waals surface area (Å²) < 4.78 is 0. The van der Waals surface area contributed by atoms with Crippen LogP contribution in [0.2, 0.25) is 0 Å². The molecule has 1 aliphatic heterocycles. The monoisotopic (exact) mass is 436 g/mol. The molecule has 6 heteroatoms. The van der Waals surface area contributed by atoms with Crippen LogP contribution in [-0.2, 0) is 25.6 Å². The largest absolute Gasteiger partial charge is 0.341 e. The summed E-state index contributed by atoms with van der Waals surface area (Å²) in [6, 6.07) is 14.2. The molecule has 2 atom stereocenters. The van der Waals surface area contributed by atoms with E-state index in [1.54, 1.807) is 0 Å². The van der Waals surface area contributed by atoms with Gasteiger partial charge in [0.25, 0.3) is 5.91 Å². The summed E-state index contributed by atoms with van der Waals surface area (Å²) in [7, 11) is 0. The van der Waals surface area contributed by atoms with Crippen LogP contribution in [0.1, 0.15) is 63.4 Å². The zero-order valence-electron chi connectivity index (χ0n) is 18.6. The van der Waals surface area contributed by atoms with Crippen LogP contribution in [0.3, 0.4) is 0 Å². The van der Waals surface area contributed by atoms with Crippen LogP contribution in [0.4, 0.5) is 0 Å². The second kappa shape index (κ2) is 10.6. The van der Waals surface area contributed by atoms with Crippen LogP contribution in [0.5, 0.6) is 0 Å². The van der Waals surface area contributed by atoms with Crippen molar-refractivity contribution in [3.8, 4) is 0 Å². The van der Waals surface area contributed by atoms with Gasteiger partial charge in [-0.3, -0.25) is 9.59 Å². The Morgan fingerprint density at radius 2 is 1.72 bits per heavy atom. The highest BCUT2D eigenvalue weighted by molar-refractivity contribution is 5.85. The van der Waals surface area contributed by atoms with Crippen molar-refractivity contribution >= 4 is 28.6 Å². The molecule has 1 N–H and O–H groups in total. The number of piperidine rings is 1. The average molecular weight is 437 g/mol. The average Bonchev–Trinajstić information content (AvgIpc) is 2.82. The van der Waals surface area contributed by atoms with Gasteiger partial charge >= 0.3 is 5.97 Å². The van der Waals surface area contributed by atoms with Gasteiger partial charge in [0, 0.05) is 25.4 Å². The van der Waals surface area contributed by atoms with Gasteiger partial charge < -0.3 is 9.74 Å². The summed E-state index contributed by atoms with van der Waals surface area (Å²) in [4.78, 5) is 43.8. The number of carbonyl (C=O) groups is 3. The van der Waals surface area contributed by atoms with Crippen LogP contribution in [0, 0.1) is 5.92 Å². The van der Waals surface area contributed by atoms with Crippen molar-refractivity contribution in [2.45, 2.75) is 70.3 Å². The van der Waals surface area contributed by atoms with E-state index in [4.69, 9.17) is 4.84 Å². The van der Waals surface area contributed by atoms with Crippen molar-refractivity contribution in [1.82, 2.24) is 10.4 Å². The van der Waals surface area contributed by atoms with Gasteiger partial charge in [-0.2, -0.15) is 5.48 Å². The van der Waals surface area contributed by atoms with Crippen molar-refractivity contribution in [3.05, 3.63) is 48.0 Å². The molecular formula is C26H32N2O4. The number of fused-ring (bicyclic) bond motifs is 2. The number of hydrogen-bond acceptors (Lipinski definition) is 4. The van der Waals surface area contributed by atoms with Crippen molar-refractivity contribution in [2.75, 3.05) is 6.54 Å². The number of amides is 2. The molecule has 2 fully saturated rings. The van der Waals surface area contributed by atoms with Gasteiger partial charge in [-0.15, -0.1) is 0 Å². The summed E-state index contributed by atoms with van der Waals surface area (Å²) in [5, 5.41) is 2.17. The molecule has 2 amide bonds. The van der Waals surface area contributed by atoms with Crippen molar-refractivity contribution in [2.24, 2.45) is 5.92 Å². The van der Waals surface area contributed by atoms with Gasteiger partial charge in [0.2, 0.25) is 5.91 Å². The van der Waals surface area contributed by atoms with E-state index in [9.17, 15) is 14.4 Å². The van der Waals surface area contributed by atoms with Crippen LogP contribution in [0.15, 0.2) is 42.5 Å². The van der Waals surface area contributed by atoms with E-state index in [0.29, 0.717) is 24.8 Å². The standard InChI is InChI=1S/C26H32N2O4/c29-24(18-19-14-15-20-7-1-2-9-22(20)17-19)27-32-26(31)13-5-12-25(30)28-16-6-10-21-8-3-4-11-23(21)28/h1-2,7,9,14-15,17,21,23H,3-6,8,10-13,16,18H2,(H,27,29). The van der Waals surface area contributed by atoms with Crippen LogP contribution < -0.4 is 5.48 Å². The zero-order chi connectivity index (χ0) is 22.3. The van der Waals surface area contributed by atoms with E-state index < -0.39 is 5.97 Å². The van der Waals surface area contributed by atoms with E-state index in [0.717, 1.165) is 35.7 Å². The zero-order valence-corrected chi connectivity index (χ0v) is 18.6. The Kier molecular flexibility index (Phi) is 7.40. The maximum atomic E-state index is 12.7. The number of nitrogens with one attached hydrogen (secondary N) is 1. The third kappa shape index (κ3) is 5.67. The topological polar surface area (TPSA) is 75.7 Å². The first-order valence-corrected chi connectivity index (χ1v) is 11.9. The number of likely N-dealkylation sites (tertiary alicyclic amines) is 1. The van der Waals surface area contributed by atoms with Gasteiger partial charge in [-0.1, -0.05) is 55.3 Å². The Morgan fingerprint density at radius 3 is 2.59 bits per heavy atom. The fourth-order valence-electron chi connectivity index (χ4n) is 5.20. The molecule has 0 bridgehead atoms. The molecule has 2 aromatic carbocycles. The van der Waals surface area contributed by atoms with E-state index in [1.165, 1.54) is 25.7 Å². The summed E-state index contributed by atoms with van der Waals surface area (Å²) in [6.45, 7) is 0.843. The maximum absolute atomic E-state index is 12.7. The first-order valence-electron chi connectivity index (χ1n) is 11.9. The maximum Gasteiger partial charge on any atom is 0.332 e. The fourth-order valence-corrected chi connectivity index (χ4v) is 5.20.